The van der Waals surface area contributed by atoms with Gasteiger partial charge in [-0.15, -0.1) is 0 Å². The molecule has 29 heteroatoms. The maximum Gasteiger partial charge on any atom is 0.250 e. The summed E-state index contributed by atoms with van der Waals surface area (Å²) in [5.74, 6) is 4.59. The van der Waals surface area contributed by atoms with Crippen LogP contribution in [0, 0.1) is 0 Å². The third-order valence-electron chi connectivity index (χ3n) is 19.6. The van der Waals surface area contributed by atoms with Crippen molar-refractivity contribution in [2.75, 3.05) is 125 Å². The van der Waals surface area contributed by atoms with E-state index in [2.05, 4.69) is 175 Å². The molecule has 4 aromatic carbocycles. The van der Waals surface area contributed by atoms with Gasteiger partial charge in [0.15, 0.2) is 5.75 Å². The van der Waals surface area contributed by atoms with Gasteiger partial charge in [-0.3, -0.25) is 19.9 Å². The molecule has 0 radical (unpaired) electrons. The molecule has 556 valence electrons. The van der Waals surface area contributed by atoms with Gasteiger partial charge in [0.25, 0.3) is 8.32 Å². The molecule has 10 aromatic rings. The zero-order valence-corrected chi connectivity index (χ0v) is 64.9. The van der Waals surface area contributed by atoms with Gasteiger partial charge in [0.2, 0.25) is 11.9 Å². The zero-order valence-electron chi connectivity index (χ0n) is 60.7. The lowest BCUT2D eigenvalue weighted by atomic mass is 9.93. The maximum atomic E-state index is 9.92. The van der Waals surface area contributed by atoms with E-state index in [0.717, 1.165) is 220 Å². The van der Waals surface area contributed by atoms with E-state index in [1.54, 1.807) is 87.5 Å². The number of aromatic hydroxyl groups is 1. The van der Waals surface area contributed by atoms with E-state index in [4.69, 9.17) is 37.6 Å². The molecule has 6 aliphatic rings. The van der Waals surface area contributed by atoms with Crippen molar-refractivity contribution in [3.05, 3.63) is 132 Å². The number of anilines is 5. The van der Waals surface area contributed by atoms with Crippen LogP contribution in [-0.2, 0) is 18.9 Å². The number of nitrogens with one attached hydrogen (secondary N) is 2. The Kier molecular flexibility index (Phi) is 26.9. The smallest absolute Gasteiger partial charge is 0.250 e. The Morgan fingerprint density at radius 3 is 1.20 bits per heavy atom. The molecule has 0 bridgehead atoms. The van der Waals surface area contributed by atoms with Gasteiger partial charge in [-0.2, -0.15) is 0 Å². The molecule has 10 heterocycles. The predicted octanol–water partition coefficient (Wildman–Crippen LogP) is 14.0. The van der Waals surface area contributed by atoms with Gasteiger partial charge in [0.1, 0.15) is 45.1 Å². The van der Waals surface area contributed by atoms with Gasteiger partial charge < -0.3 is 68.0 Å². The fraction of sp³-hybridized carbons (Fsp3) is 0.474. The summed E-state index contributed by atoms with van der Waals surface area (Å²) in [4.78, 5) is 59.3. The van der Waals surface area contributed by atoms with Crippen LogP contribution in [0.3, 0.4) is 0 Å². The summed E-state index contributed by atoms with van der Waals surface area (Å²) >= 11 is 6.88. The standard InChI is InChI=1S/C23H28N6O3.C22H25BrN6O2.C14H19BrN2OSi.C12H13N3O2.C5H10O/c1-30-19-14-26-23(27-15-19)28-16-2-4-18(5-3-16)32-21-13-17(29-8-10-31-11-9-29)12-20-22(21)25-7-6-24-20;23-15-13-26-22(27-14-15)28-16-1-3-18(4-2-16)31-20-12-17(29-7-9-30-10-8-29)11-19-21(20)25-6-5-24-19;1-14(2,3)19(4,5)18-12-9-10(15)8-11-13(12)17-7-6-16-11;16-11-8-9(15-3-5-17-6-4-15)7-10-12(11)14-2-1-13-10;1-2-4-6-5-3-1/h6-7,12-16,18H,2-5,8-11H2,1H3,(H,26,27,28);5-6,11-14,16,18H,1-4,7-10H2,(H,26,27,28);6-9H,1-5H3;1-2,7-8,16H,3-6H2;1-5H2. The van der Waals surface area contributed by atoms with Crippen LogP contribution in [-0.4, -0.2) is 197 Å². The van der Waals surface area contributed by atoms with E-state index in [0.29, 0.717) is 40.8 Å². The highest BCUT2D eigenvalue weighted by atomic mass is 79.9. The van der Waals surface area contributed by atoms with Gasteiger partial charge in [0, 0.05) is 166 Å². The van der Waals surface area contributed by atoms with Crippen LogP contribution in [0.4, 0.5) is 29.0 Å². The van der Waals surface area contributed by atoms with E-state index in [-0.39, 0.29) is 23.0 Å². The van der Waals surface area contributed by atoms with Crippen LogP contribution in [0.15, 0.2) is 132 Å². The number of fused-ring (bicyclic) bond motifs is 4. The molecule has 16 rings (SSSR count). The van der Waals surface area contributed by atoms with E-state index < -0.39 is 8.32 Å². The summed E-state index contributed by atoms with van der Waals surface area (Å²) in [6, 6.07) is 16.7. The second-order valence-corrected chi connectivity index (χ2v) is 34.5. The van der Waals surface area contributed by atoms with Crippen molar-refractivity contribution >= 4 is 113 Å². The first kappa shape index (κ1) is 76.1. The molecule has 6 aromatic heterocycles. The molecule has 0 spiro atoms. The van der Waals surface area contributed by atoms with Crippen LogP contribution in [0.5, 0.6) is 28.7 Å². The van der Waals surface area contributed by atoms with E-state index in [1.807, 2.05) is 18.2 Å². The highest BCUT2D eigenvalue weighted by Crippen LogP contribution is 2.41. The van der Waals surface area contributed by atoms with E-state index >= 15 is 0 Å². The Morgan fingerprint density at radius 1 is 0.429 bits per heavy atom. The SMILES string of the molecule is Brc1cnc(NC2CCC(Oc3cc(N4CCOCC4)cc4nccnc34)CC2)nc1.C1CCOCC1.CC(C)(C)[Si](C)(C)Oc1cc(Br)cc2nccnc12.COc1cnc(NC2CCC(Oc3cc(N4CCOCC4)cc4nccnc34)CC2)nc1.Oc1cc(N2CCOCC2)cc2nccnc12. The summed E-state index contributed by atoms with van der Waals surface area (Å²) in [5, 5.41) is 16.9. The number of halogens is 2. The third kappa shape index (κ3) is 21.4. The Labute approximate surface area is 631 Å². The maximum absolute atomic E-state index is 9.92. The van der Waals surface area contributed by atoms with Gasteiger partial charge >= 0.3 is 0 Å². The van der Waals surface area contributed by atoms with Gasteiger partial charge in [0.05, 0.1) is 97.9 Å². The molecular formula is C76H95Br2N17O9Si. The van der Waals surface area contributed by atoms with Gasteiger partial charge in [-0.1, -0.05) is 36.7 Å². The number of rotatable bonds is 14. The van der Waals surface area contributed by atoms with Crippen molar-refractivity contribution in [2.45, 2.75) is 134 Å². The molecule has 3 N–H and O–H groups in total. The molecular weight excluding hydrogens is 1480 g/mol. The fourth-order valence-corrected chi connectivity index (χ4v) is 14.4. The van der Waals surface area contributed by atoms with Crippen LogP contribution in [0.1, 0.15) is 91.4 Å². The monoisotopic (exact) mass is 1580 g/mol. The van der Waals surface area contributed by atoms with Crippen LogP contribution >= 0.6 is 31.9 Å². The second-order valence-electron chi connectivity index (χ2n) is 27.9. The Hall–Kier alpha value is -8.58. The molecule has 4 aliphatic heterocycles. The summed E-state index contributed by atoms with van der Waals surface area (Å²) in [7, 11) is -0.265. The van der Waals surface area contributed by atoms with Gasteiger partial charge in [-0.05, 0) is 135 Å². The number of hydrogen-bond acceptors (Lipinski definition) is 26. The third-order valence-corrected chi connectivity index (χ3v) is 24.8. The van der Waals surface area contributed by atoms with Crippen LogP contribution in [0.25, 0.3) is 44.1 Å². The lowest BCUT2D eigenvalue weighted by Gasteiger charge is -2.36. The predicted molar refractivity (Wildman–Crippen MR) is 418 cm³/mol. The minimum atomic E-state index is -1.87. The Balaban J connectivity index is 0.000000132. The number of aromatic nitrogens is 12. The Bertz CT molecular complexity index is 4380. The number of phenols is 1. The van der Waals surface area contributed by atoms with Crippen LogP contribution < -0.4 is 44.0 Å². The Morgan fingerprint density at radius 2 is 0.800 bits per heavy atom. The molecule has 2 saturated carbocycles. The summed E-state index contributed by atoms with van der Waals surface area (Å²) in [6.07, 6.45) is 32.5. The van der Waals surface area contributed by atoms with E-state index in [1.165, 1.54) is 19.3 Å². The first-order valence-electron chi connectivity index (χ1n) is 36.4. The number of methoxy groups -OCH3 is 1. The minimum absolute atomic E-state index is 0.148. The summed E-state index contributed by atoms with van der Waals surface area (Å²) in [5.41, 5.74) is 9.51. The van der Waals surface area contributed by atoms with Crippen molar-refractivity contribution in [3.8, 4) is 28.7 Å². The first-order chi connectivity index (χ1) is 51.1. The number of phenolic OH excluding ortho intramolecular Hbond substituents is 1. The molecule has 6 fully saturated rings. The first-order valence-corrected chi connectivity index (χ1v) is 40.9. The number of nitrogens with zero attached hydrogens (tertiary/aromatic N) is 15. The molecule has 105 heavy (non-hydrogen) atoms. The normalized spacial score (nSPS) is 19.3. The van der Waals surface area contributed by atoms with Crippen molar-refractivity contribution in [1.82, 2.24) is 59.8 Å². The quantitative estimate of drug-likeness (QED) is 0.0853. The molecule has 0 amide bonds. The number of benzene rings is 4. The fourth-order valence-electron chi connectivity index (χ4n) is 12.8. The average molecular weight is 1580 g/mol. The highest BCUT2D eigenvalue weighted by molar-refractivity contribution is 9.10. The largest absolute Gasteiger partial charge is 0.542 e. The molecule has 2 aliphatic carbocycles. The molecule has 4 saturated heterocycles. The minimum Gasteiger partial charge on any atom is -0.542 e. The van der Waals surface area contributed by atoms with Crippen molar-refractivity contribution < 1.29 is 42.7 Å². The molecule has 0 atom stereocenters. The molecule has 0 unspecified atom stereocenters. The zero-order chi connectivity index (χ0) is 73.0. The summed E-state index contributed by atoms with van der Waals surface area (Å²) < 4.78 is 47.7. The van der Waals surface area contributed by atoms with Crippen LogP contribution in [0.2, 0.25) is 18.1 Å². The lowest BCUT2D eigenvalue weighted by molar-refractivity contribution is 0.0968. The van der Waals surface area contributed by atoms with Crippen molar-refractivity contribution in [2.24, 2.45) is 0 Å². The number of morpholine rings is 3. The average Bonchev–Trinajstić information content (AvgIpc) is 0.808. The second kappa shape index (κ2) is 37.1. The van der Waals surface area contributed by atoms with E-state index in [9.17, 15) is 5.11 Å². The van der Waals surface area contributed by atoms with Crippen molar-refractivity contribution in [1.29, 1.82) is 0 Å². The molecule has 26 nitrogen and oxygen atoms in total. The number of ether oxygens (including phenoxy) is 7. The highest BCUT2D eigenvalue weighted by Gasteiger charge is 2.39. The topological polar surface area (TPSA) is 283 Å². The lowest BCUT2D eigenvalue weighted by Crippen LogP contribution is -2.43. The number of hydrogen-bond donors (Lipinski definition) is 3. The van der Waals surface area contributed by atoms with Crippen molar-refractivity contribution in [3.63, 3.8) is 0 Å². The summed E-state index contributed by atoms with van der Waals surface area (Å²) in [6.45, 7) is 22.7. The van der Waals surface area contributed by atoms with Gasteiger partial charge in [-0.25, -0.2) is 39.9 Å².